The summed E-state index contributed by atoms with van der Waals surface area (Å²) in [4.78, 5) is 10.9. The topological polar surface area (TPSA) is 58.5 Å². The lowest BCUT2D eigenvalue weighted by molar-refractivity contribution is 0.0738. The molecule has 3 aromatic rings. The maximum Gasteiger partial charge on any atom is 0.144 e. The summed E-state index contributed by atoms with van der Waals surface area (Å²) in [5.74, 6) is 1.62. The Kier molecular flexibility index (Phi) is 3.78. The number of aliphatic hydroxyl groups is 1. The van der Waals surface area contributed by atoms with Crippen LogP contribution in [-0.4, -0.2) is 40.4 Å². The summed E-state index contributed by atoms with van der Waals surface area (Å²) in [7, 11) is 0. The fourth-order valence-electron chi connectivity index (χ4n) is 3.13. The molecule has 1 aromatic heterocycles. The second kappa shape index (κ2) is 6.09. The zero-order valence-corrected chi connectivity index (χ0v) is 13.5. The summed E-state index contributed by atoms with van der Waals surface area (Å²) in [6.45, 7) is 3.14. The van der Waals surface area contributed by atoms with Crippen molar-refractivity contribution in [2.75, 3.05) is 18.0 Å². The smallest absolute Gasteiger partial charge is 0.144 e. The van der Waals surface area contributed by atoms with Crippen LogP contribution in [0.2, 0.25) is 0 Å². The largest absolute Gasteiger partial charge is 0.486 e. The predicted molar refractivity (Wildman–Crippen MR) is 93.4 cm³/mol. The first kappa shape index (κ1) is 14.9. The SMILES string of the molecule is Cc1ccc2ncnc(N3C[C@@H](O)[C@H](Oc4ccccc4)C3)c2c1. The summed E-state index contributed by atoms with van der Waals surface area (Å²) in [5, 5.41) is 11.4. The van der Waals surface area contributed by atoms with Gasteiger partial charge in [-0.15, -0.1) is 0 Å². The zero-order chi connectivity index (χ0) is 16.5. The number of aromatic nitrogens is 2. The van der Waals surface area contributed by atoms with E-state index >= 15 is 0 Å². The van der Waals surface area contributed by atoms with Gasteiger partial charge in [0.2, 0.25) is 0 Å². The number of rotatable bonds is 3. The van der Waals surface area contributed by atoms with Crippen molar-refractivity contribution in [2.24, 2.45) is 0 Å². The summed E-state index contributed by atoms with van der Waals surface area (Å²) < 4.78 is 5.94. The number of anilines is 1. The highest BCUT2D eigenvalue weighted by molar-refractivity contribution is 5.90. The molecule has 0 bridgehead atoms. The van der Waals surface area contributed by atoms with Crippen LogP contribution in [-0.2, 0) is 0 Å². The molecule has 0 radical (unpaired) electrons. The minimum Gasteiger partial charge on any atom is -0.486 e. The molecule has 0 spiro atoms. The molecule has 1 aliphatic rings. The number of para-hydroxylation sites is 1. The van der Waals surface area contributed by atoms with Gasteiger partial charge in [0.25, 0.3) is 0 Å². The van der Waals surface area contributed by atoms with Crippen molar-refractivity contribution < 1.29 is 9.84 Å². The number of benzene rings is 2. The Bertz CT molecular complexity index is 854. The molecule has 122 valence electrons. The minimum absolute atomic E-state index is 0.276. The van der Waals surface area contributed by atoms with E-state index in [1.807, 2.05) is 42.5 Å². The molecule has 2 heterocycles. The van der Waals surface area contributed by atoms with Gasteiger partial charge < -0.3 is 14.7 Å². The quantitative estimate of drug-likeness (QED) is 0.803. The molecule has 0 unspecified atom stereocenters. The molecular weight excluding hydrogens is 302 g/mol. The van der Waals surface area contributed by atoms with Crippen molar-refractivity contribution in [1.29, 1.82) is 0 Å². The highest BCUT2D eigenvalue weighted by Gasteiger charge is 2.34. The second-order valence-corrected chi connectivity index (χ2v) is 6.16. The Morgan fingerprint density at radius 2 is 1.92 bits per heavy atom. The molecule has 1 aliphatic heterocycles. The van der Waals surface area contributed by atoms with Crippen molar-refractivity contribution in [3.63, 3.8) is 0 Å². The monoisotopic (exact) mass is 321 g/mol. The van der Waals surface area contributed by atoms with E-state index in [-0.39, 0.29) is 6.10 Å². The van der Waals surface area contributed by atoms with Gasteiger partial charge in [-0.1, -0.05) is 29.8 Å². The standard InChI is InChI=1S/C19H19N3O2/c1-13-7-8-16-15(9-13)19(21-12-20-16)22-10-17(23)18(11-22)24-14-5-3-2-4-6-14/h2-9,12,17-18,23H,10-11H2,1H3/t17-,18-/m1/s1. The van der Waals surface area contributed by atoms with E-state index in [4.69, 9.17) is 4.74 Å². The van der Waals surface area contributed by atoms with E-state index in [2.05, 4.69) is 27.9 Å². The second-order valence-electron chi connectivity index (χ2n) is 6.16. The number of β-amino-alcohol motifs (C(OH)–C–C–N with tert-alkyl or cyclic N) is 1. The van der Waals surface area contributed by atoms with Crippen LogP contribution < -0.4 is 9.64 Å². The van der Waals surface area contributed by atoms with Gasteiger partial charge in [0, 0.05) is 11.9 Å². The van der Waals surface area contributed by atoms with E-state index in [0.29, 0.717) is 13.1 Å². The molecule has 4 rings (SSSR count). The van der Waals surface area contributed by atoms with Crippen LogP contribution in [0, 0.1) is 6.92 Å². The highest BCUT2D eigenvalue weighted by atomic mass is 16.5. The lowest BCUT2D eigenvalue weighted by atomic mass is 10.1. The first-order valence-electron chi connectivity index (χ1n) is 8.07. The number of hydrogen-bond donors (Lipinski definition) is 1. The van der Waals surface area contributed by atoms with Gasteiger partial charge in [0.05, 0.1) is 12.1 Å². The fraction of sp³-hybridized carbons (Fsp3) is 0.263. The number of nitrogens with zero attached hydrogens (tertiary/aromatic N) is 3. The normalized spacial score (nSPS) is 20.5. The Morgan fingerprint density at radius 3 is 2.75 bits per heavy atom. The minimum atomic E-state index is -0.556. The summed E-state index contributed by atoms with van der Waals surface area (Å²) >= 11 is 0. The van der Waals surface area contributed by atoms with Crippen LogP contribution in [0.4, 0.5) is 5.82 Å². The lowest BCUT2D eigenvalue weighted by Crippen LogP contribution is -2.29. The number of aryl methyl sites for hydroxylation is 1. The van der Waals surface area contributed by atoms with Gasteiger partial charge in [0.15, 0.2) is 0 Å². The van der Waals surface area contributed by atoms with Crippen LogP contribution >= 0.6 is 0 Å². The Balaban J connectivity index is 1.61. The zero-order valence-electron chi connectivity index (χ0n) is 13.5. The predicted octanol–water partition coefficient (Wildman–Crippen LogP) is 2.57. The van der Waals surface area contributed by atoms with Gasteiger partial charge >= 0.3 is 0 Å². The molecular formula is C19H19N3O2. The molecule has 0 saturated carbocycles. The van der Waals surface area contributed by atoms with Gasteiger partial charge in [0.1, 0.15) is 30.1 Å². The number of fused-ring (bicyclic) bond motifs is 1. The third kappa shape index (κ3) is 2.78. The molecule has 1 fully saturated rings. The molecule has 2 aromatic carbocycles. The Labute approximate surface area is 140 Å². The van der Waals surface area contributed by atoms with Crippen LogP contribution in [0.15, 0.2) is 54.9 Å². The third-order valence-electron chi connectivity index (χ3n) is 4.34. The summed E-state index contributed by atoms with van der Waals surface area (Å²) in [5.41, 5.74) is 2.07. The van der Waals surface area contributed by atoms with Crippen molar-refractivity contribution in [2.45, 2.75) is 19.1 Å². The summed E-state index contributed by atoms with van der Waals surface area (Å²) in [6, 6.07) is 15.7. The number of aliphatic hydroxyl groups excluding tert-OH is 1. The maximum atomic E-state index is 10.4. The first-order valence-corrected chi connectivity index (χ1v) is 8.07. The number of hydrogen-bond acceptors (Lipinski definition) is 5. The van der Waals surface area contributed by atoms with Crippen molar-refractivity contribution in [1.82, 2.24) is 9.97 Å². The third-order valence-corrected chi connectivity index (χ3v) is 4.34. The van der Waals surface area contributed by atoms with Crippen LogP contribution in [0.1, 0.15) is 5.56 Å². The highest BCUT2D eigenvalue weighted by Crippen LogP contribution is 2.28. The van der Waals surface area contributed by atoms with Crippen LogP contribution in [0.5, 0.6) is 5.75 Å². The lowest BCUT2D eigenvalue weighted by Gasteiger charge is -2.19. The van der Waals surface area contributed by atoms with E-state index in [9.17, 15) is 5.11 Å². The molecule has 5 nitrogen and oxygen atoms in total. The maximum absolute atomic E-state index is 10.4. The molecule has 2 atom stereocenters. The Morgan fingerprint density at radius 1 is 1.08 bits per heavy atom. The van der Waals surface area contributed by atoms with Crippen LogP contribution in [0.25, 0.3) is 10.9 Å². The van der Waals surface area contributed by atoms with Gasteiger partial charge in [-0.25, -0.2) is 9.97 Å². The molecule has 5 heteroatoms. The molecule has 24 heavy (non-hydrogen) atoms. The van der Waals surface area contributed by atoms with Crippen LogP contribution in [0.3, 0.4) is 0 Å². The molecule has 0 amide bonds. The van der Waals surface area contributed by atoms with E-state index in [1.54, 1.807) is 6.33 Å². The first-order chi connectivity index (χ1) is 11.7. The number of ether oxygens (including phenoxy) is 1. The van der Waals surface area contributed by atoms with Gasteiger partial charge in [-0.05, 0) is 31.2 Å². The van der Waals surface area contributed by atoms with Crippen molar-refractivity contribution in [3.8, 4) is 5.75 Å². The van der Waals surface area contributed by atoms with Gasteiger partial charge in [-0.2, -0.15) is 0 Å². The molecule has 0 aliphatic carbocycles. The average Bonchev–Trinajstić information content (AvgIpc) is 2.96. The van der Waals surface area contributed by atoms with Gasteiger partial charge in [-0.3, -0.25) is 0 Å². The van der Waals surface area contributed by atoms with Crippen molar-refractivity contribution in [3.05, 3.63) is 60.4 Å². The average molecular weight is 321 g/mol. The van der Waals surface area contributed by atoms with E-state index in [0.717, 1.165) is 28.0 Å². The molecule has 1 saturated heterocycles. The molecule has 1 N–H and O–H groups in total. The van der Waals surface area contributed by atoms with E-state index in [1.165, 1.54) is 0 Å². The Hall–Kier alpha value is -2.66. The fourth-order valence-corrected chi connectivity index (χ4v) is 3.13. The van der Waals surface area contributed by atoms with E-state index < -0.39 is 6.10 Å². The summed E-state index contributed by atoms with van der Waals surface area (Å²) in [6.07, 6.45) is 0.743. The van der Waals surface area contributed by atoms with Crippen molar-refractivity contribution >= 4 is 16.7 Å².